The molecule has 1 N–H and O–H groups in total. The minimum atomic E-state index is 0.590. The molecule has 0 saturated carbocycles. The SMILES string of the molecule is N#Cc1cccc[nH+]1. The summed E-state index contributed by atoms with van der Waals surface area (Å²) in [6.45, 7) is 0. The molecule has 2 nitrogen and oxygen atoms in total. The maximum atomic E-state index is 8.26. The number of nitrogens with one attached hydrogen (secondary N) is 1. The Morgan fingerprint density at radius 2 is 2.38 bits per heavy atom. The summed E-state index contributed by atoms with van der Waals surface area (Å²) in [4.78, 5) is 2.76. The molecule has 1 aromatic rings. The molecule has 1 aromatic heterocycles. The van der Waals surface area contributed by atoms with Crippen molar-refractivity contribution in [2.24, 2.45) is 0 Å². The second-order valence-corrected chi connectivity index (χ2v) is 1.39. The smallest absolute Gasteiger partial charge is 0.202 e. The van der Waals surface area contributed by atoms with Gasteiger partial charge in [-0.1, -0.05) is 0 Å². The second kappa shape index (κ2) is 2.08. The zero-order valence-electron chi connectivity index (χ0n) is 4.26. The van der Waals surface area contributed by atoms with E-state index in [4.69, 9.17) is 5.26 Å². The molecular weight excluding hydrogens is 100 g/mol. The molecule has 0 saturated heterocycles. The van der Waals surface area contributed by atoms with Crippen molar-refractivity contribution in [2.45, 2.75) is 0 Å². The molecule has 38 valence electrons. The fourth-order valence-corrected chi connectivity index (χ4v) is 0.463. The number of rotatable bonds is 0. The highest BCUT2D eigenvalue weighted by atomic mass is 14.7. The van der Waals surface area contributed by atoms with Gasteiger partial charge in [-0.2, -0.15) is 5.26 Å². The zero-order valence-corrected chi connectivity index (χ0v) is 4.26. The third-order valence-electron chi connectivity index (χ3n) is 0.830. The Labute approximate surface area is 47.4 Å². The van der Waals surface area contributed by atoms with Gasteiger partial charge in [0, 0.05) is 12.1 Å². The molecular formula is C6H5N2+. The topological polar surface area (TPSA) is 37.9 Å². The number of hydrogen-bond acceptors (Lipinski definition) is 1. The van der Waals surface area contributed by atoms with Crippen LogP contribution in [-0.2, 0) is 0 Å². The van der Waals surface area contributed by atoms with Gasteiger partial charge < -0.3 is 0 Å². The van der Waals surface area contributed by atoms with Crippen LogP contribution in [0.3, 0.4) is 0 Å². The number of hydrogen-bond donors (Lipinski definition) is 0. The quantitative estimate of drug-likeness (QED) is 0.469. The number of nitriles is 1. The van der Waals surface area contributed by atoms with E-state index in [9.17, 15) is 0 Å². The van der Waals surface area contributed by atoms with E-state index in [-0.39, 0.29) is 0 Å². The summed E-state index contributed by atoms with van der Waals surface area (Å²) in [7, 11) is 0. The highest BCUT2D eigenvalue weighted by molar-refractivity contribution is 5.12. The van der Waals surface area contributed by atoms with E-state index in [0.29, 0.717) is 5.69 Å². The van der Waals surface area contributed by atoms with E-state index in [2.05, 4.69) is 4.98 Å². The number of aromatic amines is 1. The molecule has 0 aliphatic carbocycles. The van der Waals surface area contributed by atoms with Gasteiger partial charge in [0.05, 0.1) is 0 Å². The van der Waals surface area contributed by atoms with Gasteiger partial charge in [-0.15, -0.1) is 0 Å². The summed E-state index contributed by atoms with van der Waals surface area (Å²) in [5, 5.41) is 8.26. The van der Waals surface area contributed by atoms with Crippen molar-refractivity contribution in [3.05, 3.63) is 30.1 Å². The minimum Gasteiger partial charge on any atom is -0.202 e. The summed E-state index contributed by atoms with van der Waals surface area (Å²) < 4.78 is 0. The fraction of sp³-hybridized carbons (Fsp3) is 0. The molecule has 0 aromatic carbocycles. The van der Waals surface area contributed by atoms with Crippen molar-refractivity contribution in [1.82, 2.24) is 0 Å². The van der Waals surface area contributed by atoms with Gasteiger partial charge in [-0.3, -0.25) is 0 Å². The molecule has 0 spiro atoms. The Kier molecular flexibility index (Phi) is 1.25. The average Bonchev–Trinajstić information content (AvgIpc) is 1.90. The van der Waals surface area contributed by atoms with Crippen LogP contribution in [0.15, 0.2) is 24.4 Å². The zero-order chi connectivity index (χ0) is 5.82. The number of pyridine rings is 1. The van der Waals surface area contributed by atoms with Crippen LogP contribution in [0, 0.1) is 11.3 Å². The first-order chi connectivity index (χ1) is 3.93. The van der Waals surface area contributed by atoms with Crippen LogP contribution in [0.25, 0.3) is 0 Å². The Hall–Kier alpha value is -1.36. The van der Waals surface area contributed by atoms with Crippen molar-refractivity contribution in [3.8, 4) is 6.07 Å². The molecule has 1 heterocycles. The van der Waals surface area contributed by atoms with E-state index in [1.165, 1.54) is 0 Å². The summed E-state index contributed by atoms with van der Waals surface area (Å²) in [5.41, 5.74) is 0.590. The van der Waals surface area contributed by atoms with Gasteiger partial charge in [0.2, 0.25) is 0 Å². The van der Waals surface area contributed by atoms with Crippen LogP contribution in [-0.4, -0.2) is 0 Å². The van der Waals surface area contributed by atoms with Crippen LogP contribution >= 0.6 is 0 Å². The Bertz CT molecular complexity index is 198. The maximum Gasteiger partial charge on any atom is 0.281 e. The van der Waals surface area contributed by atoms with E-state index in [1.807, 2.05) is 18.2 Å². The molecule has 0 fully saturated rings. The number of nitrogens with zero attached hydrogens (tertiary/aromatic N) is 1. The van der Waals surface area contributed by atoms with E-state index >= 15 is 0 Å². The first-order valence-corrected chi connectivity index (χ1v) is 2.30. The van der Waals surface area contributed by atoms with E-state index in [1.54, 1.807) is 12.3 Å². The van der Waals surface area contributed by atoms with Crippen LogP contribution in [0.1, 0.15) is 5.69 Å². The van der Waals surface area contributed by atoms with Crippen LogP contribution < -0.4 is 4.98 Å². The highest BCUT2D eigenvalue weighted by Crippen LogP contribution is 1.81. The van der Waals surface area contributed by atoms with Crippen molar-refractivity contribution in [1.29, 1.82) is 5.26 Å². The summed E-state index contributed by atoms with van der Waals surface area (Å²) in [6.07, 6.45) is 1.72. The highest BCUT2D eigenvalue weighted by Gasteiger charge is 1.89. The van der Waals surface area contributed by atoms with E-state index < -0.39 is 0 Å². The molecule has 0 atom stereocenters. The lowest BCUT2D eigenvalue weighted by atomic mass is 10.4. The van der Waals surface area contributed by atoms with Crippen molar-refractivity contribution < 1.29 is 4.98 Å². The van der Waals surface area contributed by atoms with Crippen molar-refractivity contribution >= 4 is 0 Å². The molecule has 0 radical (unpaired) electrons. The van der Waals surface area contributed by atoms with Gasteiger partial charge in [-0.05, 0) is 6.07 Å². The first kappa shape index (κ1) is 4.79. The van der Waals surface area contributed by atoms with Crippen molar-refractivity contribution in [2.75, 3.05) is 0 Å². The normalized spacial score (nSPS) is 7.88. The molecule has 8 heavy (non-hydrogen) atoms. The Morgan fingerprint density at radius 3 is 2.75 bits per heavy atom. The molecule has 0 bridgehead atoms. The lowest BCUT2D eigenvalue weighted by Crippen LogP contribution is -2.04. The largest absolute Gasteiger partial charge is 0.281 e. The molecule has 2 heteroatoms. The summed E-state index contributed by atoms with van der Waals surface area (Å²) in [5.74, 6) is 0. The average molecular weight is 105 g/mol. The van der Waals surface area contributed by atoms with Gasteiger partial charge in [0.1, 0.15) is 0 Å². The molecule has 0 unspecified atom stereocenters. The van der Waals surface area contributed by atoms with Crippen LogP contribution in [0.4, 0.5) is 0 Å². The Balaban J connectivity index is 3.05. The molecule has 0 aliphatic rings. The van der Waals surface area contributed by atoms with Gasteiger partial charge in [0.15, 0.2) is 12.3 Å². The molecule has 0 amide bonds. The van der Waals surface area contributed by atoms with Crippen LogP contribution in [0.5, 0.6) is 0 Å². The molecule has 0 aliphatic heterocycles. The standard InChI is InChI=1S/C6H4N2/c7-5-6-3-1-2-4-8-6/h1-4H/p+1. The van der Waals surface area contributed by atoms with Crippen molar-refractivity contribution in [3.63, 3.8) is 0 Å². The van der Waals surface area contributed by atoms with Gasteiger partial charge in [0.25, 0.3) is 5.69 Å². The van der Waals surface area contributed by atoms with Gasteiger partial charge in [-0.25, -0.2) is 4.98 Å². The third-order valence-corrected chi connectivity index (χ3v) is 0.830. The maximum absolute atomic E-state index is 8.26. The first-order valence-electron chi connectivity index (χ1n) is 2.30. The molecule has 1 rings (SSSR count). The predicted molar refractivity (Wildman–Crippen MR) is 27.7 cm³/mol. The fourth-order valence-electron chi connectivity index (χ4n) is 0.463. The lowest BCUT2D eigenvalue weighted by molar-refractivity contribution is -0.382. The monoisotopic (exact) mass is 105 g/mol. The summed E-state index contributed by atoms with van der Waals surface area (Å²) >= 11 is 0. The van der Waals surface area contributed by atoms with Crippen LogP contribution in [0.2, 0.25) is 0 Å². The number of H-pyrrole nitrogens is 1. The third kappa shape index (κ3) is 0.824. The lowest BCUT2D eigenvalue weighted by Gasteiger charge is -1.72. The second-order valence-electron chi connectivity index (χ2n) is 1.39. The number of aromatic nitrogens is 1. The Morgan fingerprint density at radius 1 is 1.50 bits per heavy atom. The summed E-state index contributed by atoms with van der Waals surface area (Å²) in [6, 6.07) is 7.34. The minimum absolute atomic E-state index is 0.590. The van der Waals surface area contributed by atoms with Gasteiger partial charge >= 0.3 is 0 Å². The predicted octanol–water partition coefficient (Wildman–Crippen LogP) is 0.372. The van der Waals surface area contributed by atoms with E-state index in [0.717, 1.165) is 0 Å².